The summed E-state index contributed by atoms with van der Waals surface area (Å²) in [5.74, 6) is -1.56. The third kappa shape index (κ3) is 2.39. The van der Waals surface area contributed by atoms with Crippen molar-refractivity contribution < 1.29 is 8.78 Å². The van der Waals surface area contributed by atoms with Gasteiger partial charge in [-0.2, -0.15) is 0 Å². The summed E-state index contributed by atoms with van der Waals surface area (Å²) in [6, 6.07) is 2.71. The first-order valence-corrected chi connectivity index (χ1v) is 4.42. The maximum Gasteiger partial charge on any atom is 0.162 e. The lowest BCUT2D eigenvalue weighted by atomic mass is 10.1. The molecule has 1 aromatic rings. The standard InChI is InChI=1S/C11H13F2N/c1-8-9(4-3-7-14-2)5-6-10(12)11(8)13/h3-6,14H,7H2,1-2H3. The van der Waals surface area contributed by atoms with E-state index in [0.29, 0.717) is 17.7 Å². The minimum Gasteiger partial charge on any atom is -0.316 e. The van der Waals surface area contributed by atoms with E-state index >= 15 is 0 Å². The zero-order valence-corrected chi connectivity index (χ0v) is 8.27. The van der Waals surface area contributed by atoms with Crippen LogP contribution in [0.3, 0.4) is 0 Å². The van der Waals surface area contributed by atoms with Crippen LogP contribution in [0.15, 0.2) is 18.2 Å². The van der Waals surface area contributed by atoms with E-state index in [9.17, 15) is 8.78 Å². The normalized spacial score (nSPS) is 11.1. The summed E-state index contributed by atoms with van der Waals surface area (Å²) in [6.45, 7) is 2.27. The number of benzene rings is 1. The summed E-state index contributed by atoms with van der Waals surface area (Å²) in [4.78, 5) is 0. The van der Waals surface area contributed by atoms with Crippen LogP contribution in [0.5, 0.6) is 0 Å². The van der Waals surface area contributed by atoms with Crippen LogP contribution in [-0.4, -0.2) is 13.6 Å². The van der Waals surface area contributed by atoms with Gasteiger partial charge in [0.25, 0.3) is 0 Å². The van der Waals surface area contributed by atoms with Gasteiger partial charge in [0.1, 0.15) is 0 Å². The highest BCUT2D eigenvalue weighted by Crippen LogP contribution is 2.16. The van der Waals surface area contributed by atoms with Crippen LogP contribution >= 0.6 is 0 Å². The third-order valence-electron chi connectivity index (χ3n) is 2.00. The van der Waals surface area contributed by atoms with E-state index in [1.165, 1.54) is 0 Å². The van der Waals surface area contributed by atoms with Crippen LogP contribution in [0.1, 0.15) is 11.1 Å². The molecule has 0 atom stereocenters. The molecular formula is C11H13F2N. The molecule has 76 valence electrons. The van der Waals surface area contributed by atoms with Gasteiger partial charge in [0.15, 0.2) is 11.6 Å². The van der Waals surface area contributed by atoms with Crippen molar-refractivity contribution in [2.45, 2.75) is 6.92 Å². The fourth-order valence-electron chi connectivity index (χ4n) is 1.15. The summed E-state index contributed by atoms with van der Waals surface area (Å²) in [7, 11) is 1.82. The van der Waals surface area contributed by atoms with Gasteiger partial charge in [-0.05, 0) is 31.2 Å². The Morgan fingerprint density at radius 1 is 1.36 bits per heavy atom. The predicted molar refractivity (Wildman–Crippen MR) is 54.1 cm³/mol. The van der Waals surface area contributed by atoms with E-state index in [1.807, 2.05) is 13.1 Å². The number of halogens is 2. The van der Waals surface area contributed by atoms with Gasteiger partial charge in [-0.1, -0.05) is 18.2 Å². The first kappa shape index (κ1) is 10.9. The monoisotopic (exact) mass is 197 g/mol. The lowest BCUT2D eigenvalue weighted by Gasteiger charge is -2.02. The Balaban J connectivity index is 2.94. The fraction of sp³-hybridized carbons (Fsp3) is 0.273. The van der Waals surface area contributed by atoms with Gasteiger partial charge in [-0.3, -0.25) is 0 Å². The van der Waals surface area contributed by atoms with E-state index in [4.69, 9.17) is 0 Å². The summed E-state index contributed by atoms with van der Waals surface area (Å²) in [6.07, 6.45) is 3.63. The number of likely N-dealkylation sites (N-methyl/N-ethyl adjacent to an activating group) is 1. The molecule has 0 aliphatic carbocycles. The van der Waals surface area contributed by atoms with Crippen LogP contribution in [0.25, 0.3) is 6.08 Å². The fourth-order valence-corrected chi connectivity index (χ4v) is 1.15. The molecule has 0 radical (unpaired) electrons. The van der Waals surface area contributed by atoms with Crippen LogP contribution in [-0.2, 0) is 0 Å². The van der Waals surface area contributed by atoms with Gasteiger partial charge in [0.2, 0.25) is 0 Å². The van der Waals surface area contributed by atoms with Crippen molar-refractivity contribution in [2.75, 3.05) is 13.6 Å². The number of rotatable bonds is 3. The molecule has 0 spiro atoms. The third-order valence-corrected chi connectivity index (χ3v) is 2.00. The van der Waals surface area contributed by atoms with Gasteiger partial charge >= 0.3 is 0 Å². The molecule has 3 heteroatoms. The van der Waals surface area contributed by atoms with Crippen molar-refractivity contribution in [1.82, 2.24) is 5.32 Å². The van der Waals surface area contributed by atoms with Crippen LogP contribution in [0.4, 0.5) is 8.78 Å². The second-order valence-electron chi connectivity index (χ2n) is 3.04. The Hall–Kier alpha value is -1.22. The molecule has 0 aromatic heterocycles. The second kappa shape index (κ2) is 4.86. The van der Waals surface area contributed by atoms with E-state index in [2.05, 4.69) is 5.32 Å². The molecule has 14 heavy (non-hydrogen) atoms. The molecule has 0 aliphatic heterocycles. The largest absolute Gasteiger partial charge is 0.316 e. The lowest BCUT2D eigenvalue weighted by Crippen LogP contribution is -2.03. The molecule has 1 nitrogen and oxygen atoms in total. The predicted octanol–water partition coefficient (Wildman–Crippen LogP) is 2.51. The number of hydrogen-bond acceptors (Lipinski definition) is 1. The van der Waals surface area contributed by atoms with Gasteiger partial charge in [0, 0.05) is 6.54 Å². The van der Waals surface area contributed by atoms with Crippen molar-refractivity contribution in [3.8, 4) is 0 Å². The van der Waals surface area contributed by atoms with Crippen LogP contribution < -0.4 is 5.32 Å². The van der Waals surface area contributed by atoms with Crippen LogP contribution in [0.2, 0.25) is 0 Å². The summed E-state index contributed by atoms with van der Waals surface area (Å²) < 4.78 is 25.8. The molecule has 0 bridgehead atoms. The summed E-state index contributed by atoms with van der Waals surface area (Å²) in [5.41, 5.74) is 1.05. The zero-order chi connectivity index (χ0) is 10.6. The van der Waals surface area contributed by atoms with Gasteiger partial charge in [-0.25, -0.2) is 8.78 Å². The molecule has 1 N–H and O–H groups in total. The summed E-state index contributed by atoms with van der Waals surface area (Å²) in [5, 5.41) is 2.93. The Morgan fingerprint density at radius 3 is 2.71 bits per heavy atom. The highest BCUT2D eigenvalue weighted by Gasteiger charge is 2.06. The van der Waals surface area contributed by atoms with Crippen molar-refractivity contribution >= 4 is 6.08 Å². The number of hydrogen-bond donors (Lipinski definition) is 1. The van der Waals surface area contributed by atoms with Crippen molar-refractivity contribution in [3.63, 3.8) is 0 Å². The molecule has 0 aliphatic rings. The first-order chi connectivity index (χ1) is 6.66. The minimum atomic E-state index is -0.798. The maximum atomic E-state index is 13.1. The quantitative estimate of drug-likeness (QED) is 0.785. The molecule has 0 fully saturated rings. The molecule has 0 amide bonds. The lowest BCUT2D eigenvalue weighted by molar-refractivity contribution is 0.503. The Morgan fingerprint density at radius 2 is 2.07 bits per heavy atom. The van der Waals surface area contributed by atoms with Gasteiger partial charge in [-0.15, -0.1) is 0 Å². The second-order valence-corrected chi connectivity index (χ2v) is 3.04. The molecule has 0 saturated heterocycles. The maximum absolute atomic E-state index is 13.1. The van der Waals surface area contributed by atoms with E-state index in [-0.39, 0.29) is 0 Å². The molecule has 0 unspecified atom stereocenters. The highest BCUT2D eigenvalue weighted by atomic mass is 19.2. The van der Waals surface area contributed by atoms with Crippen molar-refractivity contribution in [3.05, 3.63) is 41.0 Å². The highest BCUT2D eigenvalue weighted by molar-refractivity contribution is 5.53. The Kier molecular flexibility index (Phi) is 3.77. The molecule has 0 saturated carbocycles. The topological polar surface area (TPSA) is 12.0 Å². The summed E-state index contributed by atoms with van der Waals surface area (Å²) >= 11 is 0. The zero-order valence-electron chi connectivity index (χ0n) is 8.27. The van der Waals surface area contributed by atoms with E-state index in [1.54, 1.807) is 19.1 Å². The van der Waals surface area contributed by atoms with Gasteiger partial charge in [0.05, 0.1) is 0 Å². The smallest absolute Gasteiger partial charge is 0.162 e. The average molecular weight is 197 g/mol. The van der Waals surface area contributed by atoms with Crippen LogP contribution in [0, 0.1) is 18.6 Å². The molecule has 1 rings (SSSR count). The van der Waals surface area contributed by atoms with E-state index < -0.39 is 11.6 Å². The molecule has 0 heterocycles. The first-order valence-electron chi connectivity index (χ1n) is 4.42. The number of nitrogens with one attached hydrogen (secondary N) is 1. The van der Waals surface area contributed by atoms with Gasteiger partial charge < -0.3 is 5.32 Å². The Labute approximate surface area is 82.4 Å². The Bertz CT molecular complexity index is 345. The molecule has 1 aromatic carbocycles. The average Bonchev–Trinajstić information content (AvgIpc) is 2.18. The SMILES string of the molecule is CNCC=Cc1ccc(F)c(F)c1C. The minimum absolute atomic E-state index is 0.345. The van der Waals surface area contributed by atoms with E-state index in [0.717, 1.165) is 6.07 Å². The van der Waals surface area contributed by atoms with Crippen molar-refractivity contribution in [1.29, 1.82) is 0 Å². The molecular weight excluding hydrogens is 184 g/mol. The van der Waals surface area contributed by atoms with Crippen molar-refractivity contribution in [2.24, 2.45) is 0 Å².